The average molecular weight is 252 g/mol. The molecule has 0 fully saturated rings. The molecular weight excluding hydrogens is 235 g/mol. The number of ether oxygens (including phenoxy) is 1. The van der Waals surface area contributed by atoms with Crippen LogP contribution in [0.4, 0.5) is 0 Å². The average Bonchev–Trinajstić information content (AvgIpc) is 2.13. The Morgan fingerprint density at radius 1 is 1.50 bits per heavy atom. The first-order valence-electron chi connectivity index (χ1n) is 4.82. The van der Waals surface area contributed by atoms with Crippen LogP contribution in [0.2, 0.25) is 0 Å². The highest BCUT2D eigenvalue weighted by Crippen LogP contribution is 2.36. The quantitative estimate of drug-likeness (QED) is 0.404. The van der Waals surface area contributed by atoms with Gasteiger partial charge in [0.25, 0.3) is 0 Å². The van der Waals surface area contributed by atoms with Crippen LogP contribution in [0.1, 0.15) is 26.7 Å². The van der Waals surface area contributed by atoms with Gasteiger partial charge in [0.2, 0.25) is 0 Å². The van der Waals surface area contributed by atoms with Gasteiger partial charge in [0.1, 0.15) is 6.10 Å². The van der Waals surface area contributed by atoms with Crippen LogP contribution in [-0.4, -0.2) is 28.5 Å². The van der Waals surface area contributed by atoms with Crippen LogP contribution in [-0.2, 0) is 18.6 Å². The van der Waals surface area contributed by atoms with Crippen LogP contribution >= 0.6 is 7.82 Å². The highest BCUT2D eigenvalue weighted by Gasteiger charge is 2.20. The van der Waals surface area contributed by atoms with Crippen LogP contribution in [0.3, 0.4) is 0 Å². The summed E-state index contributed by atoms with van der Waals surface area (Å²) in [7, 11) is -4.52. The number of esters is 1. The molecule has 0 amide bonds. The predicted octanol–water partition coefficient (Wildman–Crippen LogP) is 1.38. The smallest absolute Gasteiger partial charge is 0.457 e. The molecule has 0 rings (SSSR count). The van der Waals surface area contributed by atoms with Gasteiger partial charge in [0, 0.05) is 5.57 Å². The summed E-state index contributed by atoms with van der Waals surface area (Å²) in [5.74, 6) is -0.590. The van der Waals surface area contributed by atoms with Crippen LogP contribution in [0.15, 0.2) is 12.2 Å². The van der Waals surface area contributed by atoms with Crippen molar-refractivity contribution in [2.24, 2.45) is 0 Å². The summed E-state index contributed by atoms with van der Waals surface area (Å²) < 4.78 is 19.7. The summed E-state index contributed by atoms with van der Waals surface area (Å²) in [6.45, 7) is 6.44. The number of hydrogen-bond donors (Lipinski definition) is 2. The van der Waals surface area contributed by atoms with E-state index in [0.717, 1.165) is 0 Å². The normalized spacial score (nSPS) is 13.2. The predicted molar refractivity (Wildman–Crippen MR) is 57.6 cm³/mol. The van der Waals surface area contributed by atoms with E-state index in [9.17, 15) is 9.36 Å². The van der Waals surface area contributed by atoms with E-state index in [0.29, 0.717) is 12.8 Å². The molecule has 0 aliphatic rings. The van der Waals surface area contributed by atoms with Crippen molar-refractivity contribution in [3.05, 3.63) is 12.2 Å². The monoisotopic (exact) mass is 252 g/mol. The molecule has 0 aliphatic heterocycles. The maximum atomic E-state index is 11.2. The Bertz CT molecular complexity index is 294. The van der Waals surface area contributed by atoms with E-state index in [1.54, 1.807) is 0 Å². The van der Waals surface area contributed by atoms with Gasteiger partial charge in [0.05, 0.1) is 6.61 Å². The third-order valence-corrected chi connectivity index (χ3v) is 2.15. The van der Waals surface area contributed by atoms with E-state index in [1.807, 2.05) is 6.92 Å². The minimum Gasteiger partial charge on any atom is -0.457 e. The van der Waals surface area contributed by atoms with Gasteiger partial charge in [-0.1, -0.05) is 19.9 Å². The van der Waals surface area contributed by atoms with Gasteiger partial charge in [-0.3, -0.25) is 4.52 Å². The second-order valence-corrected chi connectivity index (χ2v) is 4.62. The van der Waals surface area contributed by atoms with Gasteiger partial charge in [-0.05, 0) is 13.3 Å². The summed E-state index contributed by atoms with van der Waals surface area (Å²) in [5, 5.41) is 0. The Kier molecular flexibility index (Phi) is 6.52. The molecule has 7 heteroatoms. The van der Waals surface area contributed by atoms with Crippen LogP contribution in [0, 0.1) is 0 Å². The number of phosphoric acid groups is 1. The highest BCUT2D eigenvalue weighted by molar-refractivity contribution is 7.46. The second kappa shape index (κ2) is 6.81. The van der Waals surface area contributed by atoms with E-state index in [2.05, 4.69) is 11.1 Å². The topological polar surface area (TPSA) is 93.1 Å². The van der Waals surface area contributed by atoms with Gasteiger partial charge >= 0.3 is 13.8 Å². The molecule has 16 heavy (non-hydrogen) atoms. The first kappa shape index (κ1) is 15.3. The summed E-state index contributed by atoms with van der Waals surface area (Å²) in [4.78, 5) is 28.2. The molecule has 0 saturated carbocycles. The molecule has 94 valence electrons. The molecule has 0 radical (unpaired) electrons. The Hall–Kier alpha value is -0.680. The lowest BCUT2D eigenvalue weighted by molar-refractivity contribution is -0.146. The van der Waals surface area contributed by atoms with Gasteiger partial charge in [0.15, 0.2) is 0 Å². The molecule has 0 bridgehead atoms. The van der Waals surface area contributed by atoms with Crippen LogP contribution in [0.25, 0.3) is 0 Å². The number of carbonyl (C=O) groups excluding carboxylic acids is 1. The van der Waals surface area contributed by atoms with E-state index in [1.165, 1.54) is 6.92 Å². The van der Waals surface area contributed by atoms with Crippen molar-refractivity contribution in [1.29, 1.82) is 0 Å². The minimum atomic E-state index is -4.52. The largest absolute Gasteiger partial charge is 0.469 e. The molecule has 0 aliphatic carbocycles. The minimum absolute atomic E-state index is 0.234. The fraction of sp³-hybridized carbons (Fsp3) is 0.667. The number of rotatable bonds is 7. The molecule has 1 atom stereocenters. The Balaban J connectivity index is 4.22. The second-order valence-electron chi connectivity index (χ2n) is 3.38. The van der Waals surface area contributed by atoms with E-state index >= 15 is 0 Å². The highest BCUT2D eigenvalue weighted by atomic mass is 31.2. The first-order valence-corrected chi connectivity index (χ1v) is 6.36. The third kappa shape index (κ3) is 7.59. The lowest BCUT2D eigenvalue weighted by atomic mass is 10.2. The number of carbonyl (C=O) groups is 1. The molecule has 0 heterocycles. The first-order chi connectivity index (χ1) is 7.26. The molecule has 0 aromatic rings. The Labute approximate surface area is 94.5 Å². The van der Waals surface area contributed by atoms with Gasteiger partial charge in [-0.2, -0.15) is 0 Å². The molecule has 2 N–H and O–H groups in total. The third-order valence-electron chi connectivity index (χ3n) is 1.66. The lowest BCUT2D eigenvalue weighted by Crippen LogP contribution is -2.23. The molecule has 6 nitrogen and oxygen atoms in total. The van der Waals surface area contributed by atoms with Crippen molar-refractivity contribution in [2.45, 2.75) is 32.8 Å². The van der Waals surface area contributed by atoms with E-state index < -0.39 is 19.9 Å². The Morgan fingerprint density at radius 2 is 2.06 bits per heavy atom. The molecule has 0 aromatic heterocycles. The summed E-state index contributed by atoms with van der Waals surface area (Å²) in [5.41, 5.74) is 0.234. The van der Waals surface area contributed by atoms with Crippen molar-refractivity contribution in [3.63, 3.8) is 0 Å². The molecule has 1 unspecified atom stereocenters. The zero-order valence-electron chi connectivity index (χ0n) is 9.38. The van der Waals surface area contributed by atoms with Crippen LogP contribution < -0.4 is 0 Å². The van der Waals surface area contributed by atoms with Crippen molar-refractivity contribution < 1.29 is 28.4 Å². The molecule has 0 saturated heterocycles. The number of hydrogen-bond acceptors (Lipinski definition) is 4. The van der Waals surface area contributed by atoms with Crippen molar-refractivity contribution in [2.75, 3.05) is 6.61 Å². The summed E-state index contributed by atoms with van der Waals surface area (Å²) >= 11 is 0. The fourth-order valence-corrected chi connectivity index (χ4v) is 1.29. The lowest BCUT2D eigenvalue weighted by Gasteiger charge is -2.17. The SMILES string of the molecule is C=C(C)C(=O)OC(CCC)COP(=O)(O)O. The van der Waals surface area contributed by atoms with Gasteiger partial charge in [-0.25, -0.2) is 9.36 Å². The fourth-order valence-electron chi connectivity index (χ4n) is 0.930. The van der Waals surface area contributed by atoms with E-state index in [4.69, 9.17) is 14.5 Å². The van der Waals surface area contributed by atoms with Gasteiger partial charge < -0.3 is 14.5 Å². The standard InChI is InChI=1S/C9H17O6P/c1-4-5-8(6-14-16(11,12)13)15-9(10)7(2)3/h8H,2,4-6H2,1,3H3,(H2,11,12,13). The Morgan fingerprint density at radius 3 is 2.44 bits per heavy atom. The number of phosphoric ester groups is 1. The summed E-state index contributed by atoms with van der Waals surface area (Å²) in [6.07, 6.45) is 0.513. The zero-order valence-corrected chi connectivity index (χ0v) is 10.3. The molecule has 0 spiro atoms. The van der Waals surface area contributed by atoms with Crippen molar-refractivity contribution in [1.82, 2.24) is 0 Å². The van der Waals surface area contributed by atoms with Gasteiger partial charge in [-0.15, -0.1) is 0 Å². The molecular formula is C9H17O6P. The van der Waals surface area contributed by atoms with Crippen molar-refractivity contribution in [3.8, 4) is 0 Å². The maximum absolute atomic E-state index is 11.2. The van der Waals surface area contributed by atoms with Crippen molar-refractivity contribution >= 4 is 13.8 Å². The maximum Gasteiger partial charge on any atom is 0.469 e. The van der Waals surface area contributed by atoms with Crippen LogP contribution in [0.5, 0.6) is 0 Å². The summed E-state index contributed by atoms with van der Waals surface area (Å²) in [6, 6.07) is 0. The zero-order chi connectivity index (χ0) is 12.8. The van der Waals surface area contributed by atoms with E-state index in [-0.39, 0.29) is 12.2 Å². The molecule has 0 aromatic carbocycles.